The highest BCUT2D eigenvalue weighted by Crippen LogP contribution is 2.34. The van der Waals surface area contributed by atoms with Crippen LogP contribution in [0.1, 0.15) is 39.9 Å². The van der Waals surface area contributed by atoms with Crippen molar-refractivity contribution in [1.29, 1.82) is 0 Å². The highest BCUT2D eigenvalue weighted by molar-refractivity contribution is 6.11. The minimum absolute atomic E-state index is 0.0447. The van der Waals surface area contributed by atoms with E-state index in [-0.39, 0.29) is 17.6 Å². The summed E-state index contributed by atoms with van der Waals surface area (Å²) in [5.41, 5.74) is 4.39. The number of Topliss-reactive ketones (excluding diaryl/α,β-unsaturated/α-hetero) is 1. The van der Waals surface area contributed by atoms with Crippen LogP contribution < -0.4 is 0 Å². The monoisotopic (exact) mass is 399 g/mol. The Balaban J connectivity index is 1.35. The number of carbonyl (C=O) groups is 2. The Labute approximate surface area is 176 Å². The molecule has 5 heteroatoms. The van der Waals surface area contributed by atoms with Gasteiger partial charge in [-0.2, -0.15) is 5.10 Å². The average Bonchev–Trinajstić information content (AvgIpc) is 3.39. The molecule has 2 aliphatic rings. The summed E-state index contributed by atoms with van der Waals surface area (Å²) in [6.45, 7) is 1.18. The minimum atomic E-state index is -0.145. The van der Waals surface area contributed by atoms with Crippen LogP contribution in [0.4, 0.5) is 0 Å². The molecule has 152 valence electrons. The SMILES string of the molecule is Cn1cc(/C=C/C(=O)N2CCC[C@H](C(=O)c3ccc4c5c(cccc35)CC4)C2)cn1. The van der Waals surface area contributed by atoms with Gasteiger partial charge < -0.3 is 4.90 Å². The number of carbonyl (C=O) groups excluding carboxylic acids is 2. The van der Waals surface area contributed by atoms with Crippen LogP contribution in [0.2, 0.25) is 0 Å². The number of nitrogens with zero attached hydrogens (tertiary/aromatic N) is 3. The molecule has 0 N–H and O–H groups in total. The van der Waals surface area contributed by atoms with E-state index in [1.165, 1.54) is 16.5 Å². The van der Waals surface area contributed by atoms with Crippen molar-refractivity contribution in [3.8, 4) is 0 Å². The fourth-order valence-electron chi connectivity index (χ4n) is 4.87. The van der Waals surface area contributed by atoms with Gasteiger partial charge in [-0.3, -0.25) is 14.3 Å². The van der Waals surface area contributed by atoms with Gasteiger partial charge >= 0.3 is 0 Å². The van der Waals surface area contributed by atoms with Crippen LogP contribution in [-0.4, -0.2) is 39.5 Å². The maximum Gasteiger partial charge on any atom is 0.246 e. The van der Waals surface area contributed by atoms with Crippen LogP contribution in [0.25, 0.3) is 16.8 Å². The summed E-state index contributed by atoms with van der Waals surface area (Å²) in [4.78, 5) is 27.9. The van der Waals surface area contributed by atoms with Gasteiger partial charge in [-0.1, -0.05) is 30.3 Å². The average molecular weight is 399 g/mol. The van der Waals surface area contributed by atoms with E-state index in [0.717, 1.165) is 42.2 Å². The van der Waals surface area contributed by atoms with E-state index in [1.807, 2.05) is 19.3 Å². The van der Waals surface area contributed by atoms with Crippen LogP contribution >= 0.6 is 0 Å². The number of ketones is 1. The number of amides is 1. The Morgan fingerprint density at radius 2 is 1.97 bits per heavy atom. The lowest BCUT2D eigenvalue weighted by Gasteiger charge is -2.31. The molecule has 1 aliphatic carbocycles. The summed E-state index contributed by atoms with van der Waals surface area (Å²) in [7, 11) is 1.85. The molecule has 5 rings (SSSR count). The summed E-state index contributed by atoms with van der Waals surface area (Å²) in [5.74, 6) is -0.0240. The van der Waals surface area contributed by atoms with E-state index in [1.54, 1.807) is 27.9 Å². The molecule has 0 unspecified atom stereocenters. The summed E-state index contributed by atoms with van der Waals surface area (Å²) in [6, 6.07) is 10.4. The number of rotatable bonds is 4. The molecule has 2 heterocycles. The highest BCUT2D eigenvalue weighted by atomic mass is 16.2. The Kier molecular flexibility index (Phi) is 4.74. The molecular weight excluding hydrogens is 374 g/mol. The summed E-state index contributed by atoms with van der Waals surface area (Å²) in [6.07, 6.45) is 10.7. The number of benzene rings is 2. The van der Waals surface area contributed by atoms with Crippen LogP contribution in [0.5, 0.6) is 0 Å². The molecule has 1 atom stereocenters. The number of aryl methyl sites for hydroxylation is 3. The van der Waals surface area contributed by atoms with E-state index in [9.17, 15) is 9.59 Å². The van der Waals surface area contributed by atoms with Crippen LogP contribution in [0, 0.1) is 5.92 Å². The predicted octanol–water partition coefficient (Wildman–Crippen LogP) is 3.81. The molecule has 0 radical (unpaired) electrons. The maximum atomic E-state index is 13.4. The van der Waals surface area contributed by atoms with Gasteiger partial charge in [0.2, 0.25) is 5.91 Å². The second kappa shape index (κ2) is 7.56. The normalized spacial score (nSPS) is 18.4. The van der Waals surface area contributed by atoms with Gasteiger partial charge in [0.1, 0.15) is 0 Å². The highest BCUT2D eigenvalue weighted by Gasteiger charge is 2.30. The van der Waals surface area contributed by atoms with Crippen molar-refractivity contribution < 1.29 is 9.59 Å². The third kappa shape index (κ3) is 3.34. The topological polar surface area (TPSA) is 55.2 Å². The molecule has 0 saturated carbocycles. The molecule has 5 nitrogen and oxygen atoms in total. The van der Waals surface area contributed by atoms with Crippen molar-refractivity contribution in [1.82, 2.24) is 14.7 Å². The van der Waals surface area contributed by atoms with Gasteiger partial charge in [-0.25, -0.2) is 0 Å². The van der Waals surface area contributed by atoms with Crippen molar-refractivity contribution in [3.05, 3.63) is 71.1 Å². The zero-order chi connectivity index (χ0) is 20.7. The van der Waals surface area contributed by atoms with Gasteiger partial charge in [0.25, 0.3) is 0 Å². The lowest BCUT2D eigenvalue weighted by molar-refractivity contribution is -0.127. The summed E-state index contributed by atoms with van der Waals surface area (Å²) in [5, 5.41) is 6.46. The van der Waals surface area contributed by atoms with Gasteiger partial charge in [0, 0.05) is 49.5 Å². The number of hydrogen-bond acceptors (Lipinski definition) is 3. The van der Waals surface area contributed by atoms with Crippen LogP contribution in [0.15, 0.2) is 48.8 Å². The Hall–Kier alpha value is -3.21. The van der Waals surface area contributed by atoms with Crippen molar-refractivity contribution in [3.63, 3.8) is 0 Å². The third-order valence-corrected chi connectivity index (χ3v) is 6.39. The number of likely N-dealkylation sites (tertiary alicyclic amines) is 1. The minimum Gasteiger partial charge on any atom is -0.338 e. The van der Waals surface area contributed by atoms with Crippen LogP contribution in [0.3, 0.4) is 0 Å². The first-order chi connectivity index (χ1) is 14.6. The molecule has 1 amide bonds. The van der Waals surface area contributed by atoms with E-state index in [0.29, 0.717) is 13.1 Å². The fraction of sp³-hybridized carbons (Fsp3) is 0.320. The summed E-state index contributed by atoms with van der Waals surface area (Å²) < 4.78 is 1.71. The summed E-state index contributed by atoms with van der Waals surface area (Å²) >= 11 is 0. The second-order valence-electron chi connectivity index (χ2n) is 8.38. The Morgan fingerprint density at radius 3 is 2.77 bits per heavy atom. The van der Waals surface area contributed by atoms with Gasteiger partial charge in [-0.05, 0) is 53.7 Å². The van der Waals surface area contributed by atoms with E-state index >= 15 is 0 Å². The molecule has 1 fully saturated rings. The zero-order valence-corrected chi connectivity index (χ0v) is 17.2. The van der Waals surface area contributed by atoms with E-state index < -0.39 is 0 Å². The second-order valence-corrected chi connectivity index (χ2v) is 8.38. The lowest BCUT2D eigenvalue weighted by Crippen LogP contribution is -2.41. The Morgan fingerprint density at radius 1 is 1.13 bits per heavy atom. The molecule has 0 bridgehead atoms. The van der Waals surface area contributed by atoms with Gasteiger partial charge in [0.15, 0.2) is 5.78 Å². The van der Waals surface area contributed by atoms with E-state index in [4.69, 9.17) is 0 Å². The lowest BCUT2D eigenvalue weighted by atomic mass is 9.87. The maximum absolute atomic E-state index is 13.4. The van der Waals surface area contributed by atoms with E-state index in [2.05, 4.69) is 29.4 Å². The third-order valence-electron chi connectivity index (χ3n) is 6.39. The zero-order valence-electron chi connectivity index (χ0n) is 17.2. The fourth-order valence-corrected chi connectivity index (χ4v) is 4.87. The largest absolute Gasteiger partial charge is 0.338 e. The van der Waals surface area contributed by atoms with Crippen molar-refractivity contribution in [2.45, 2.75) is 25.7 Å². The number of hydrogen-bond donors (Lipinski definition) is 0. The quantitative estimate of drug-likeness (QED) is 0.495. The predicted molar refractivity (Wildman–Crippen MR) is 117 cm³/mol. The standard InChI is InChI=1S/C25H25N3O2/c1-27-15-17(14-26-27)7-12-23(29)28-13-3-5-20(16-28)25(30)22-11-10-19-9-8-18-4-2-6-21(22)24(18)19/h2,4,6-7,10-12,14-15,20H,3,5,8-9,13,16H2,1H3/b12-7+/t20-/m0/s1. The number of aromatic nitrogens is 2. The first-order valence-electron chi connectivity index (χ1n) is 10.6. The molecular formula is C25H25N3O2. The smallest absolute Gasteiger partial charge is 0.246 e. The molecule has 1 saturated heterocycles. The van der Waals surface area contributed by atoms with Crippen LogP contribution in [-0.2, 0) is 24.7 Å². The van der Waals surface area contributed by atoms with Crippen molar-refractivity contribution in [2.75, 3.05) is 13.1 Å². The molecule has 1 aliphatic heterocycles. The molecule has 0 spiro atoms. The first-order valence-corrected chi connectivity index (χ1v) is 10.6. The van der Waals surface area contributed by atoms with Gasteiger partial charge in [0.05, 0.1) is 6.20 Å². The first kappa shape index (κ1) is 18.8. The van der Waals surface area contributed by atoms with Crippen molar-refractivity contribution in [2.24, 2.45) is 13.0 Å². The molecule has 3 aromatic rings. The van der Waals surface area contributed by atoms with Gasteiger partial charge in [-0.15, -0.1) is 0 Å². The van der Waals surface area contributed by atoms with Crippen molar-refractivity contribution >= 4 is 28.5 Å². The Bertz CT molecular complexity index is 1160. The molecule has 1 aromatic heterocycles. The molecule has 2 aromatic carbocycles. The molecule has 30 heavy (non-hydrogen) atoms. The number of piperidine rings is 1.